The summed E-state index contributed by atoms with van der Waals surface area (Å²) in [5.74, 6) is -1.55. The summed E-state index contributed by atoms with van der Waals surface area (Å²) < 4.78 is 13.4. The molecule has 2 unspecified atom stereocenters. The quantitative estimate of drug-likeness (QED) is 0.373. The SMILES string of the molecule is CC(N)c1cccc(C(=O)NCC(=O)N(C)C(Cc2ccc(F)cc2)C(=O)NCCc2ccccc2)c1. The number of nitrogens with zero attached hydrogens (tertiary/aromatic N) is 1. The molecule has 0 aliphatic heterocycles. The van der Waals surface area contributed by atoms with E-state index in [0.717, 1.165) is 11.1 Å². The highest BCUT2D eigenvalue weighted by atomic mass is 19.1. The van der Waals surface area contributed by atoms with Crippen molar-refractivity contribution in [3.8, 4) is 0 Å². The number of benzene rings is 3. The molecule has 3 aromatic rings. The van der Waals surface area contributed by atoms with E-state index in [2.05, 4.69) is 10.6 Å². The fourth-order valence-corrected chi connectivity index (χ4v) is 3.86. The molecule has 0 saturated heterocycles. The molecule has 0 fully saturated rings. The van der Waals surface area contributed by atoms with E-state index in [0.29, 0.717) is 24.1 Å². The fraction of sp³-hybridized carbons (Fsp3) is 0.276. The molecule has 0 saturated carbocycles. The molecular formula is C29H33FN4O3. The summed E-state index contributed by atoms with van der Waals surface area (Å²) in [7, 11) is 1.52. The highest BCUT2D eigenvalue weighted by molar-refractivity contribution is 5.97. The lowest BCUT2D eigenvalue weighted by Crippen LogP contribution is -2.51. The van der Waals surface area contributed by atoms with E-state index in [-0.39, 0.29) is 30.7 Å². The minimum Gasteiger partial charge on any atom is -0.354 e. The molecule has 0 aliphatic rings. The molecule has 37 heavy (non-hydrogen) atoms. The Morgan fingerprint density at radius 3 is 2.30 bits per heavy atom. The van der Waals surface area contributed by atoms with Gasteiger partial charge in [-0.25, -0.2) is 4.39 Å². The normalized spacial score (nSPS) is 12.3. The van der Waals surface area contributed by atoms with Crippen LogP contribution in [0.2, 0.25) is 0 Å². The van der Waals surface area contributed by atoms with Crippen molar-refractivity contribution in [1.29, 1.82) is 0 Å². The minimum atomic E-state index is -0.841. The lowest BCUT2D eigenvalue weighted by molar-refractivity contribution is -0.138. The number of rotatable bonds is 11. The van der Waals surface area contributed by atoms with E-state index in [4.69, 9.17) is 5.73 Å². The molecule has 0 radical (unpaired) electrons. The molecular weight excluding hydrogens is 471 g/mol. The number of likely N-dealkylation sites (N-methyl/N-ethyl adjacent to an activating group) is 1. The maximum atomic E-state index is 13.4. The Hall–Kier alpha value is -4.04. The average molecular weight is 505 g/mol. The summed E-state index contributed by atoms with van der Waals surface area (Å²) in [6, 6.07) is 21.4. The Balaban J connectivity index is 1.65. The summed E-state index contributed by atoms with van der Waals surface area (Å²) in [4.78, 5) is 40.1. The van der Waals surface area contributed by atoms with E-state index in [1.165, 1.54) is 24.1 Å². The number of carbonyl (C=O) groups excluding carboxylic acids is 3. The van der Waals surface area contributed by atoms with Gasteiger partial charge < -0.3 is 21.3 Å². The van der Waals surface area contributed by atoms with E-state index in [1.807, 2.05) is 43.3 Å². The molecule has 3 amide bonds. The first kappa shape index (κ1) is 27.5. The maximum Gasteiger partial charge on any atom is 0.251 e. The Morgan fingerprint density at radius 1 is 0.919 bits per heavy atom. The highest BCUT2D eigenvalue weighted by Crippen LogP contribution is 2.13. The van der Waals surface area contributed by atoms with Gasteiger partial charge in [0, 0.05) is 31.6 Å². The van der Waals surface area contributed by atoms with Crippen molar-refractivity contribution in [3.63, 3.8) is 0 Å². The van der Waals surface area contributed by atoms with Gasteiger partial charge in [0.25, 0.3) is 5.91 Å². The maximum absolute atomic E-state index is 13.4. The molecule has 3 rings (SSSR count). The molecule has 0 aromatic heterocycles. The third-order valence-corrected chi connectivity index (χ3v) is 6.14. The van der Waals surface area contributed by atoms with Crippen LogP contribution in [0.4, 0.5) is 4.39 Å². The Bertz CT molecular complexity index is 1200. The van der Waals surface area contributed by atoms with Gasteiger partial charge in [-0.1, -0.05) is 54.6 Å². The third-order valence-electron chi connectivity index (χ3n) is 6.14. The topological polar surface area (TPSA) is 105 Å². The van der Waals surface area contributed by atoms with Gasteiger partial charge in [-0.2, -0.15) is 0 Å². The zero-order valence-corrected chi connectivity index (χ0v) is 21.1. The summed E-state index contributed by atoms with van der Waals surface area (Å²) in [6.07, 6.45) is 0.841. The highest BCUT2D eigenvalue weighted by Gasteiger charge is 2.27. The van der Waals surface area contributed by atoms with Crippen LogP contribution in [0.1, 0.15) is 40.0 Å². The van der Waals surface area contributed by atoms with E-state index < -0.39 is 17.9 Å². The van der Waals surface area contributed by atoms with Crippen molar-refractivity contribution >= 4 is 17.7 Å². The first-order valence-corrected chi connectivity index (χ1v) is 12.2. The molecule has 7 nitrogen and oxygen atoms in total. The second-order valence-electron chi connectivity index (χ2n) is 8.97. The van der Waals surface area contributed by atoms with Crippen LogP contribution in [0.15, 0.2) is 78.9 Å². The van der Waals surface area contributed by atoms with Crippen LogP contribution < -0.4 is 16.4 Å². The molecule has 2 atom stereocenters. The number of amides is 3. The lowest BCUT2D eigenvalue weighted by Gasteiger charge is -2.28. The van der Waals surface area contributed by atoms with Crippen molar-refractivity contribution in [2.24, 2.45) is 5.73 Å². The van der Waals surface area contributed by atoms with Crippen LogP contribution in [0.25, 0.3) is 0 Å². The second-order valence-corrected chi connectivity index (χ2v) is 8.97. The van der Waals surface area contributed by atoms with Gasteiger partial charge in [-0.15, -0.1) is 0 Å². The van der Waals surface area contributed by atoms with Crippen molar-refractivity contribution in [2.45, 2.75) is 31.8 Å². The first-order chi connectivity index (χ1) is 17.7. The number of halogens is 1. The summed E-state index contributed by atoms with van der Waals surface area (Å²) >= 11 is 0. The van der Waals surface area contributed by atoms with Gasteiger partial charge in [0.1, 0.15) is 11.9 Å². The molecule has 194 valence electrons. The van der Waals surface area contributed by atoms with Crippen LogP contribution in [-0.4, -0.2) is 48.8 Å². The number of nitrogens with one attached hydrogen (secondary N) is 2. The van der Waals surface area contributed by atoms with Gasteiger partial charge in [-0.3, -0.25) is 14.4 Å². The summed E-state index contributed by atoms with van der Waals surface area (Å²) in [5.41, 5.74) is 8.89. The zero-order valence-electron chi connectivity index (χ0n) is 21.1. The Kier molecular flexibility index (Phi) is 9.92. The van der Waals surface area contributed by atoms with Crippen molar-refractivity contribution in [2.75, 3.05) is 20.1 Å². The molecule has 8 heteroatoms. The fourth-order valence-electron chi connectivity index (χ4n) is 3.86. The van der Waals surface area contributed by atoms with Crippen LogP contribution in [0.5, 0.6) is 0 Å². The molecule has 4 N–H and O–H groups in total. The van der Waals surface area contributed by atoms with Crippen LogP contribution in [0, 0.1) is 5.82 Å². The third kappa shape index (κ3) is 8.25. The minimum absolute atomic E-state index is 0.198. The van der Waals surface area contributed by atoms with Gasteiger partial charge in [0.2, 0.25) is 11.8 Å². The van der Waals surface area contributed by atoms with Crippen molar-refractivity contribution in [1.82, 2.24) is 15.5 Å². The summed E-state index contributed by atoms with van der Waals surface area (Å²) in [5, 5.41) is 5.52. The van der Waals surface area contributed by atoms with Crippen LogP contribution in [-0.2, 0) is 22.4 Å². The van der Waals surface area contributed by atoms with Crippen molar-refractivity contribution in [3.05, 3.63) is 107 Å². The number of carbonyl (C=O) groups is 3. The van der Waals surface area contributed by atoms with Crippen LogP contribution in [0.3, 0.4) is 0 Å². The molecule has 0 bridgehead atoms. The van der Waals surface area contributed by atoms with Gasteiger partial charge >= 0.3 is 0 Å². The summed E-state index contributed by atoms with van der Waals surface area (Å²) in [6.45, 7) is 1.94. The standard InChI is InChI=1S/C29H33FN4O3/c1-20(31)23-9-6-10-24(18-23)28(36)33-19-27(35)34(2)26(17-22-11-13-25(30)14-12-22)29(37)32-16-15-21-7-4-3-5-8-21/h3-14,18,20,26H,15-17,19,31H2,1-2H3,(H,32,37)(H,33,36). The van der Waals surface area contributed by atoms with E-state index >= 15 is 0 Å². The number of nitrogens with two attached hydrogens (primary N) is 1. The predicted octanol–water partition coefficient (Wildman–Crippen LogP) is 3.00. The van der Waals surface area contributed by atoms with Crippen molar-refractivity contribution < 1.29 is 18.8 Å². The first-order valence-electron chi connectivity index (χ1n) is 12.2. The number of hydrogen-bond acceptors (Lipinski definition) is 4. The van der Waals surface area contributed by atoms with Gasteiger partial charge in [0.05, 0.1) is 6.54 Å². The zero-order chi connectivity index (χ0) is 26.8. The molecule has 3 aromatic carbocycles. The predicted molar refractivity (Wildman–Crippen MR) is 141 cm³/mol. The Morgan fingerprint density at radius 2 is 1.62 bits per heavy atom. The second kappa shape index (κ2) is 13.3. The van der Waals surface area contributed by atoms with Gasteiger partial charge in [-0.05, 0) is 54.3 Å². The van der Waals surface area contributed by atoms with E-state index in [1.54, 1.807) is 30.3 Å². The molecule has 0 heterocycles. The molecule has 0 spiro atoms. The Labute approximate surface area is 216 Å². The van der Waals surface area contributed by atoms with Crippen LogP contribution >= 0.6 is 0 Å². The van der Waals surface area contributed by atoms with E-state index in [9.17, 15) is 18.8 Å². The monoisotopic (exact) mass is 504 g/mol. The lowest BCUT2D eigenvalue weighted by atomic mass is 10.0. The molecule has 0 aliphatic carbocycles. The largest absolute Gasteiger partial charge is 0.354 e. The smallest absolute Gasteiger partial charge is 0.251 e. The number of hydrogen-bond donors (Lipinski definition) is 3. The average Bonchev–Trinajstić information content (AvgIpc) is 2.91. The van der Waals surface area contributed by atoms with Gasteiger partial charge in [0.15, 0.2) is 0 Å².